The lowest BCUT2D eigenvalue weighted by Gasteiger charge is -2.13. The van der Waals surface area contributed by atoms with Crippen molar-refractivity contribution >= 4 is 18.3 Å². The standard InChI is InChI=1S/C13H20N2O3.ClH/c1-9(7-14)8-15-13(16)11-6-10(17-2)4-5-12(11)18-3;/h4-6,9H,7-8,14H2,1-3H3,(H,15,16);1H. The molecule has 0 fully saturated rings. The largest absolute Gasteiger partial charge is 0.497 e. The molecule has 0 aliphatic heterocycles. The second kappa shape index (κ2) is 8.61. The van der Waals surface area contributed by atoms with Gasteiger partial charge in [0.05, 0.1) is 19.8 Å². The third-order valence-corrected chi connectivity index (χ3v) is 2.66. The number of methoxy groups -OCH3 is 2. The number of hydrogen-bond acceptors (Lipinski definition) is 4. The average molecular weight is 289 g/mol. The molecule has 0 aliphatic rings. The Labute approximate surface area is 119 Å². The van der Waals surface area contributed by atoms with Crippen molar-refractivity contribution in [1.82, 2.24) is 5.32 Å². The molecular weight excluding hydrogens is 268 g/mol. The van der Waals surface area contributed by atoms with Crippen molar-refractivity contribution in [2.75, 3.05) is 27.3 Å². The fraction of sp³-hybridized carbons (Fsp3) is 0.462. The van der Waals surface area contributed by atoms with Crippen molar-refractivity contribution in [3.05, 3.63) is 23.8 Å². The first-order valence-corrected chi connectivity index (χ1v) is 5.82. The highest BCUT2D eigenvalue weighted by Gasteiger charge is 2.13. The van der Waals surface area contributed by atoms with Gasteiger partial charge in [0.1, 0.15) is 11.5 Å². The van der Waals surface area contributed by atoms with Crippen LogP contribution in [-0.2, 0) is 0 Å². The third kappa shape index (κ3) is 4.96. The van der Waals surface area contributed by atoms with Gasteiger partial charge in [-0.25, -0.2) is 0 Å². The zero-order chi connectivity index (χ0) is 13.5. The van der Waals surface area contributed by atoms with E-state index < -0.39 is 0 Å². The number of halogens is 1. The zero-order valence-electron chi connectivity index (χ0n) is 11.4. The van der Waals surface area contributed by atoms with Crippen LogP contribution in [0, 0.1) is 5.92 Å². The van der Waals surface area contributed by atoms with Crippen molar-refractivity contribution in [2.45, 2.75) is 6.92 Å². The smallest absolute Gasteiger partial charge is 0.255 e. The lowest BCUT2D eigenvalue weighted by Crippen LogP contribution is -2.31. The van der Waals surface area contributed by atoms with Crippen molar-refractivity contribution < 1.29 is 14.3 Å². The first-order chi connectivity index (χ1) is 8.62. The highest BCUT2D eigenvalue weighted by atomic mass is 35.5. The number of carbonyl (C=O) groups excluding carboxylic acids is 1. The molecule has 0 radical (unpaired) electrons. The van der Waals surface area contributed by atoms with Gasteiger partial charge in [-0.05, 0) is 30.7 Å². The van der Waals surface area contributed by atoms with Gasteiger partial charge in [0.15, 0.2) is 0 Å². The Morgan fingerprint density at radius 1 is 1.37 bits per heavy atom. The van der Waals surface area contributed by atoms with Gasteiger partial charge >= 0.3 is 0 Å². The monoisotopic (exact) mass is 288 g/mol. The van der Waals surface area contributed by atoms with E-state index in [0.29, 0.717) is 30.2 Å². The highest BCUT2D eigenvalue weighted by molar-refractivity contribution is 5.97. The number of nitrogens with two attached hydrogens (primary N) is 1. The Balaban J connectivity index is 0.00000324. The van der Waals surface area contributed by atoms with Crippen molar-refractivity contribution in [2.24, 2.45) is 11.7 Å². The van der Waals surface area contributed by atoms with Crippen LogP contribution in [0.1, 0.15) is 17.3 Å². The molecule has 1 atom stereocenters. The van der Waals surface area contributed by atoms with E-state index in [4.69, 9.17) is 15.2 Å². The number of rotatable bonds is 6. The van der Waals surface area contributed by atoms with E-state index in [9.17, 15) is 4.79 Å². The summed E-state index contributed by atoms with van der Waals surface area (Å²) >= 11 is 0. The van der Waals surface area contributed by atoms with Gasteiger partial charge in [-0.3, -0.25) is 4.79 Å². The van der Waals surface area contributed by atoms with Crippen LogP contribution in [0.5, 0.6) is 11.5 Å². The molecule has 0 bridgehead atoms. The SMILES string of the molecule is COc1ccc(OC)c(C(=O)NCC(C)CN)c1.Cl. The summed E-state index contributed by atoms with van der Waals surface area (Å²) in [5, 5.41) is 2.82. The summed E-state index contributed by atoms with van der Waals surface area (Å²) in [6.07, 6.45) is 0. The maximum atomic E-state index is 12.0. The molecule has 0 heterocycles. The van der Waals surface area contributed by atoms with Gasteiger partial charge in [0, 0.05) is 6.54 Å². The first kappa shape index (κ1) is 17.5. The van der Waals surface area contributed by atoms with Gasteiger partial charge in [-0.1, -0.05) is 6.92 Å². The molecule has 0 aliphatic carbocycles. The minimum atomic E-state index is -0.189. The lowest BCUT2D eigenvalue weighted by atomic mass is 10.1. The van der Waals surface area contributed by atoms with Crippen molar-refractivity contribution in [1.29, 1.82) is 0 Å². The molecule has 5 nitrogen and oxygen atoms in total. The minimum Gasteiger partial charge on any atom is -0.497 e. The fourth-order valence-corrected chi connectivity index (χ4v) is 1.44. The molecule has 1 aromatic carbocycles. The normalized spacial score (nSPS) is 11.2. The summed E-state index contributed by atoms with van der Waals surface area (Å²) in [4.78, 5) is 12.0. The Morgan fingerprint density at radius 2 is 2.05 bits per heavy atom. The summed E-state index contributed by atoms with van der Waals surface area (Å²) in [7, 11) is 3.08. The van der Waals surface area contributed by atoms with Crippen molar-refractivity contribution in [3.63, 3.8) is 0 Å². The van der Waals surface area contributed by atoms with E-state index in [0.717, 1.165) is 0 Å². The number of nitrogens with one attached hydrogen (secondary N) is 1. The molecule has 3 N–H and O–H groups in total. The van der Waals surface area contributed by atoms with Gasteiger partial charge in [0.2, 0.25) is 0 Å². The molecule has 19 heavy (non-hydrogen) atoms. The van der Waals surface area contributed by atoms with Crippen LogP contribution in [0.3, 0.4) is 0 Å². The summed E-state index contributed by atoms with van der Waals surface area (Å²) in [5.41, 5.74) is 5.96. The van der Waals surface area contributed by atoms with E-state index in [2.05, 4.69) is 5.32 Å². The first-order valence-electron chi connectivity index (χ1n) is 5.82. The van der Waals surface area contributed by atoms with Crippen LogP contribution in [0.25, 0.3) is 0 Å². The molecule has 0 saturated carbocycles. The maximum absolute atomic E-state index is 12.0. The summed E-state index contributed by atoms with van der Waals surface area (Å²) in [6.45, 7) is 3.05. The lowest BCUT2D eigenvalue weighted by molar-refractivity contribution is 0.0945. The molecule has 1 rings (SSSR count). The Kier molecular flexibility index (Phi) is 7.95. The second-order valence-electron chi connectivity index (χ2n) is 4.12. The van der Waals surface area contributed by atoms with Crippen LogP contribution in [0.2, 0.25) is 0 Å². The molecule has 0 aromatic heterocycles. The zero-order valence-corrected chi connectivity index (χ0v) is 12.3. The molecule has 1 aromatic rings. The second-order valence-corrected chi connectivity index (χ2v) is 4.12. The summed E-state index contributed by atoms with van der Waals surface area (Å²) in [6, 6.07) is 5.11. The van der Waals surface area contributed by atoms with Gasteiger partial charge in [-0.2, -0.15) is 0 Å². The van der Waals surface area contributed by atoms with E-state index in [1.807, 2.05) is 6.92 Å². The van der Waals surface area contributed by atoms with Crippen LogP contribution < -0.4 is 20.5 Å². The molecule has 1 amide bonds. The summed E-state index contributed by atoms with van der Waals surface area (Å²) in [5.74, 6) is 1.19. The number of benzene rings is 1. The van der Waals surface area contributed by atoms with E-state index in [-0.39, 0.29) is 24.2 Å². The predicted molar refractivity (Wildman–Crippen MR) is 77.3 cm³/mol. The van der Waals surface area contributed by atoms with Gasteiger partial charge in [0.25, 0.3) is 5.91 Å². The number of ether oxygens (including phenoxy) is 2. The van der Waals surface area contributed by atoms with Crippen LogP contribution in [0.15, 0.2) is 18.2 Å². The topological polar surface area (TPSA) is 73.6 Å². The van der Waals surface area contributed by atoms with E-state index in [1.54, 1.807) is 25.3 Å². The Morgan fingerprint density at radius 3 is 2.58 bits per heavy atom. The molecule has 1 unspecified atom stereocenters. The van der Waals surface area contributed by atoms with Crippen LogP contribution in [0.4, 0.5) is 0 Å². The molecule has 108 valence electrons. The Hall–Kier alpha value is -1.46. The van der Waals surface area contributed by atoms with Crippen molar-refractivity contribution in [3.8, 4) is 11.5 Å². The van der Waals surface area contributed by atoms with Gasteiger partial charge in [-0.15, -0.1) is 12.4 Å². The minimum absolute atomic E-state index is 0. The molecular formula is C13H21ClN2O3. The number of amides is 1. The van der Waals surface area contributed by atoms with E-state index >= 15 is 0 Å². The van der Waals surface area contributed by atoms with Crippen LogP contribution in [-0.4, -0.2) is 33.2 Å². The third-order valence-electron chi connectivity index (χ3n) is 2.66. The number of hydrogen-bond donors (Lipinski definition) is 2. The molecule has 0 spiro atoms. The average Bonchev–Trinajstić information content (AvgIpc) is 2.43. The molecule has 0 saturated heterocycles. The quantitative estimate of drug-likeness (QED) is 0.831. The van der Waals surface area contributed by atoms with Crippen LogP contribution >= 0.6 is 12.4 Å². The summed E-state index contributed by atoms with van der Waals surface area (Å²) < 4.78 is 10.3. The predicted octanol–water partition coefficient (Wildman–Crippen LogP) is 1.45. The number of carbonyl (C=O) groups is 1. The van der Waals surface area contributed by atoms with E-state index in [1.165, 1.54) is 7.11 Å². The fourth-order valence-electron chi connectivity index (χ4n) is 1.44. The Bertz CT molecular complexity index is 413. The van der Waals surface area contributed by atoms with Gasteiger partial charge < -0.3 is 20.5 Å². The maximum Gasteiger partial charge on any atom is 0.255 e. The highest BCUT2D eigenvalue weighted by Crippen LogP contribution is 2.23. The molecule has 6 heteroatoms.